The summed E-state index contributed by atoms with van der Waals surface area (Å²) in [5, 5.41) is 6.02. The van der Waals surface area contributed by atoms with E-state index in [0.29, 0.717) is 29.5 Å². The molecule has 0 aliphatic rings. The summed E-state index contributed by atoms with van der Waals surface area (Å²) in [7, 11) is 6.19. The average molecular weight is 360 g/mol. The normalized spacial score (nSPS) is 10.0. The largest absolute Gasteiger partial charge is 0.495 e. The van der Waals surface area contributed by atoms with Crippen LogP contribution in [0.2, 0.25) is 0 Å². The van der Waals surface area contributed by atoms with Gasteiger partial charge in [0.05, 0.1) is 34.1 Å². The zero-order valence-electron chi connectivity index (χ0n) is 15.4. The molecule has 0 spiro atoms. The van der Waals surface area contributed by atoms with Gasteiger partial charge in [-0.05, 0) is 12.1 Å². The number of carbonyl (C=O) groups is 1. The van der Waals surface area contributed by atoms with Gasteiger partial charge >= 0.3 is 0 Å². The third-order valence-electron chi connectivity index (χ3n) is 3.72. The summed E-state index contributed by atoms with van der Waals surface area (Å²) in [5.41, 5.74) is 1.41. The van der Waals surface area contributed by atoms with Gasteiger partial charge in [-0.3, -0.25) is 4.79 Å². The van der Waals surface area contributed by atoms with E-state index in [0.717, 1.165) is 11.4 Å². The third-order valence-corrected chi connectivity index (χ3v) is 3.72. The van der Waals surface area contributed by atoms with Crippen molar-refractivity contribution in [3.63, 3.8) is 0 Å². The number of benzene rings is 2. The van der Waals surface area contributed by atoms with Crippen LogP contribution in [0.1, 0.15) is 6.42 Å². The van der Waals surface area contributed by atoms with E-state index < -0.39 is 0 Å². The van der Waals surface area contributed by atoms with Crippen molar-refractivity contribution >= 4 is 17.3 Å². The van der Waals surface area contributed by atoms with Crippen LogP contribution in [0.4, 0.5) is 11.4 Å². The molecular formula is C19H24N2O5. The molecule has 0 aliphatic heterocycles. The highest BCUT2D eigenvalue weighted by molar-refractivity contribution is 5.91. The highest BCUT2D eigenvalue weighted by atomic mass is 16.5. The molecular weight excluding hydrogens is 336 g/mol. The van der Waals surface area contributed by atoms with Crippen molar-refractivity contribution in [2.75, 3.05) is 45.6 Å². The van der Waals surface area contributed by atoms with Crippen molar-refractivity contribution in [1.82, 2.24) is 0 Å². The minimum Gasteiger partial charge on any atom is -0.495 e. The smallest absolute Gasteiger partial charge is 0.226 e. The number of rotatable bonds is 9. The molecule has 0 saturated heterocycles. The number of nitrogens with one attached hydrogen (secondary N) is 2. The molecule has 2 aromatic rings. The van der Waals surface area contributed by atoms with Crippen LogP contribution in [-0.2, 0) is 4.79 Å². The van der Waals surface area contributed by atoms with Crippen molar-refractivity contribution in [3.8, 4) is 23.0 Å². The Morgan fingerprint density at radius 3 is 2.08 bits per heavy atom. The summed E-state index contributed by atoms with van der Waals surface area (Å²) in [5.74, 6) is 2.04. The molecule has 0 heterocycles. The summed E-state index contributed by atoms with van der Waals surface area (Å²) < 4.78 is 21.1. The lowest BCUT2D eigenvalue weighted by atomic mass is 10.2. The van der Waals surface area contributed by atoms with Gasteiger partial charge in [0, 0.05) is 30.8 Å². The van der Waals surface area contributed by atoms with Crippen LogP contribution in [0.5, 0.6) is 23.0 Å². The standard InChI is InChI=1S/C19H24N2O5/c1-23-15-8-6-5-7-14(15)20-10-9-18(22)21-13-11-16(24-2)19(26-4)17(12-13)25-3/h5-8,11-12,20H,9-10H2,1-4H3,(H,21,22). The summed E-state index contributed by atoms with van der Waals surface area (Å²) >= 11 is 0. The summed E-state index contributed by atoms with van der Waals surface area (Å²) in [6, 6.07) is 10.9. The van der Waals surface area contributed by atoms with Gasteiger partial charge in [0.1, 0.15) is 5.75 Å². The number of hydrogen-bond acceptors (Lipinski definition) is 6. The van der Waals surface area contributed by atoms with Crippen LogP contribution in [0.3, 0.4) is 0 Å². The molecule has 0 bridgehead atoms. The second-order valence-corrected chi connectivity index (χ2v) is 5.34. The van der Waals surface area contributed by atoms with Crippen molar-refractivity contribution in [2.45, 2.75) is 6.42 Å². The molecule has 0 unspecified atom stereocenters. The number of hydrogen-bond donors (Lipinski definition) is 2. The fraction of sp³-hybridized carbons (Fsp3) is 0.316. The molecule has 7 heteroatoms. The molecule has 1 amide bonds. The zero-order valence-corrected chi connectivity index (χ0v) is 15.4. The first-order chi connectivity index (χ1) is 12.6. The van der Waals surface area contributed by atoms with Crippen LogP contribution in [0, 0.1) is 0 Å². The maximum Gasteiger partial charge on any atom is 0.226 e. The van der Waals surface area contributed by atoms with Crippen molar-refractivity contribution in [1.29, 1.82) is 0 Å². The van der Waals surface area contributed by atoms with Crippen molar-refractivity contribution in [2.24, 2.45) is 0 Å². The van der Waals surface area contributed by atoms with Crippen molar-refractivity contribution < 1.29 is 23.7 Å². The molecule has 0 fully saturated rings. The van der Waals surface area contributed by atoms with E-state index in [1.54, 1.807) is 19.2 Å². The first-order valence-electron chi connectivity index (χ1n) is 8.09. The van der Waals surface area contributed by atoms with Crippen LogP contribution < -0.4 is 29.6 Å². The fourth-order valence-corrected chi connectivity index (χ4v) is 2.48. The third kappa shape index (κ3) is 4.72. The molecule has 0 aliphatic carbocycles. The Kier molecular flexibility index (Phi) is 6.96. The molecule has 0 aromatic heterocycles. The number of ether oxygens (including phenoxy) is 4. The maximum absolute atomic E-state index is 12.2. The van der Waals surface area contributed by atoms with Gasteiger partial charge < -0.3 is 29.6 Å². The van der Waals surface area contributed by atoms with Crippen LogP contribution >= 0.6 is 0 Å². The summed E-state index contributed by atoms with van der Waals surface area (Å²) in [6.45, 7) is 0.469. The van der Waals surface area contributed by atoms with E-state index >= 15 is 0 Å². The highest BCUT2D eigenvalue weighted by Crippen LogP contribution is 2.39. The second-order valence-electron chi connectivity index (χ2n) is 5.34. The molecule has 0 atom stereocenters. The second kappa shape index (κ2) is 9.41. The Labute approximate surface area is 153 Å². The van der Waals surface area contributed by atoms with Gasteiger partial charge in [0.25, 0.3) is 0 Å². The first-order valence-corrected chi connectivity index (χ1v) is 8.09. The number of amides is 1. The maximum atomic E-state index is 12.2. The lowest BCUT2D eigenvalue weighted by molar-refractivity contribution is -0.115. The lowest BCUT2D eigenvalue weighted by Gasteiger charge is -2.15. The topological polar surface area (TPSA) is 78.1 Å². The SMILES string of the molecule is COc1ccccc1NCCC(=O)Nc1cc(OC)c(OC)c(OC)c1. The van der Waals surface area contributed by atoms with Crippen molar-refractivity contribution in [3.05, 3.63) is 36.4 Å². The highest BCUT2D eigenvalue weighted by Gasteiger charge is 2.14. The Hall–Kier alpha value is -3.09. The Balaban J connectivity index is 1.97. The molecule has 0 saturated carbocycles. The van der Waals surface area contributed by atoms with E-state index in [1.165, 1.54) is 21.3 Å². The predicted molar refractivity (Wildman–Crippen MR) is 101 cm³/mol. The monoisotopic (exact) mass is 360 g/mol. The zero-order chi connectivity index (χ0) is 18.9. The quantitative estimate of drug-likeness (QED) is 0.715. The Morgan fingerprint density at radius 2 is 1.50 bits per heavy atom. The summed E-state index contributed by atoms with van der Waals surface area (Å²) in [4.78, 5) is 12.2. The van der Waals surface area contributed by atoms with E-state index in [9.17, 15) is 4.79 Å². The number of methoxy groups -OCH3 is 4. The van der Waals surface area contributed by atoms with E-state index in [4.69, 9.17) is 18.9 Å². The molecule has 140 valence electrons. The molecule has 2 N–H and O–H groups in total. The number of para-hydroxylation sites is 2. The van der Waals surface area contributed by atoms with Gasteiger partial charge in [0.2, 0.25) is 11.7 Å². The van der Waals surface area contributed by atoms with E-state index in [1.807, 2.05) is 24.3 Å². The molecule has 0 radical (unpaired) electrons. The van der Waals surface area contributed by atoms with Gasteiger partial charge in [-0.2, -0.15) is 0 Å². The average Bonchev–Trinajstić information content (AvgIpc) is 2.67. The molecule has 2 aromatic carbocycles. The van der Waals surface area contributed by atoms with Gasteiger partial charge in [-0.1, -0.05) is 12.1 Å². The summed E-state index contributed by atoms with van der Waals surface area (Å²) in [6.07, 6.45) is 0.286. The van der Waals surface area contributed by atoms with Crippen LogP contribution in [-0.4, -0.2) is 40.9 Å². The van der Waals surface area contributed by atoms with Gasteiger partial charge in [0.15, 0.2) is 11.5 Å². The van der Waals surface area contributed by atoms with Crippen LogP contribution in [0.15, 0.2) is 36.4 Å². The molecule has 26 heavy (non-hydrogen) atoms. The lowest BCUT2D eigenvalue weighted by Crippen LogP contribution is -2.16. The fourth-order valence-electron chi connectivity index (χ4n) is 2.48. The minimum absolute atomic E-state index is 0.137. The molecule has 7 nitrogen and oxygen atoms in total. The number of anilines is 2. The van der Waals surface area contributed by atoms with Gasteiger partial charge in [-0.15, -0.1) is 0 Å². The number of carbonyl (C=O) groups excluding carboxylic acids is 1. The van der Waals surface area contributed by atoms with E-state index in [-0.39, 0.29) is 12.3 Å². The molecule has 2 rings (SSSR count). The Morgan fingerprint density at radius 1 is 0.885 bits per heavy atom. The first kappa shape index (κ1) is 19.2. The van der Waals surface area contributed by atoms with E-state index in [2.05, 4.69) is 10.6 Å². The van der Waals surface area contributed by atoms with Crippen LogP contribution in [0.25, 0.3) is 0 Å². The minimum atomic E-state index is -0.137. The van der Waals surface area contributed by atoms with Gasteiger partial charge in [-0.25, -0.2) is 0 Å². The Bertz CT molecular complexity index is 723. The predicted octanol–water partition coefficient (Wildman–Crippen LogP) is 3.16.